The Morgan fingerprint density at radius 3 is 2.27 bits per heavy atom. The van der Waals surface area contributed by atoms with Gasteiger partial charge in [0.15, 0.2) is 11.6 Å². The van der Waals surface area contributed by atoms with Crippen molar-refractivity contribution in [2.75, 3.05) is 6.61 Å². The highest BCUT2D eigenvalue weighted by Gasteiger charge is 2.51. The Kier molecular flexibility index (Phi) is 7.49. The largest absolute Gasteiger partial charge is 0.389 e. The summed E-state index contributed by atoms with van der Waals surface area (Å²) in [4.78, 5) is 0. The minimum atomic E-state index is -0.962. The normalized spacial score (nSPS) is 32.0. The van der Waals surface area contributed by atoms with Gasteiger partial charge in [0, 0.05) is 12.8 Å². The molecular weight excluding hydrogens is 336 g/mol. The monoisotopic (exact) mass is 370 g/mol. The lowest BCUT2D eigenvalue weighted by Crippen LogP contribution is -2.48. The average Bonchev–Trinajstić information content (AvgIpc) is 3.08. The minimum Gasteiger partial charge on any atom is -0.389 e. The lowest BCUT2D eigenvalue weighted by molar-refractivity contribution is -0.179. The van der Waals surface area contributed by atoms with Gasteiger partial charge >= 0.3 is 0 Å². The second-order valence-corrected chi connectivity index (χ2v) is 8.00. The number of ether oxygens (including phenoxy) is 4. The summed E-state index contributed by atoms with van der Waals surface area (Å²) in [5, 5.41) is 21.3. The van der Waals surface area contributed by atoms with Gasteiger partial charge in [0.2, 0.25) is 0 Å². The van der Waals surface area contributed by atoms with Crippen LogP contribution in [0.3, 0.4) is 0 Å². The molecule has 0 bridgehead atoms. The van der Waals surface area contributed by atoms with Crippen molar-refractivity contribution in [2.24, 2.45) is 0 Å². The van der Waals surface area contributed by atoms with E-state index >= 15 is 0 Å². The molecule has 6 nitrogen and oxygen atoms in total. The van der Waals surface area contributed by atoms with E-state index in [0.29, 0.717) is 0 Å². The summed E-state index contributed by atoms with van der Waals surface area (Å²) in [7, 11) is 0. The predicted octanol–water partition coefficient (Wildman–Crippen LogP) is 2.35. The highest BCUT2D eigenvalue weighted by Crippen LogP contribution is 2.35. The van der Waals surface area contributed by atoms with Gasteiger partial charge in [0.1, 0.15) is 24.4 Å². The van der Waals surface area contributed by atoms with E-state index in [-0.39, 0.29) is 13.0 Å². The zero-order valence-electron chi connectivity index (χ0n) is 16.7. The molecular formula is C20H34O6. The van der Waals surface area contributed by atoms with E-state index in [1.54, 1.807) is 27.7 Å². The third-order valence-corrected chi connectivity index (χ3v) is 4.63. The molecule has 0 aromatic rings. The van der Waals surface area contributed by atoms with Gasteiger partial charge in [0.25, 0.3) is 0 Å². The molecule has 5 atom stereocenters. The van der Waals surface area contributed by atoms with Crippen molar-refractivity contribution in [3.63, 3.8) is 0 Å². The Labute approximate surface area is 157 Å². The van der Waals surface area contributed by atoms with Crippen LogP contribution in [0.15, 0.2) is 0 Å². The van der Waals surface area contributed by atoms with E-state index in [4.69, 9.17) is 18.9 Å². The van der Waals surface area contributed by atoms with Crippen LogP contribution in [-0.2, 0) is 18.9 Å². The van der Waals surface area contributed by atoms with E-state index in [9.17, 15) is 10.2 Å². The van der Waals surface area contributed by atoms with Crippen molar-refractivity contribution >= 4 is 0 Å². The zero-order valence-corrected chi connectivity index (χ0v) is 16.7. The standard InChI is InChI=1S/C20H34O6/c1-6-7-8-9-10-11-12-14(21)17-18(26-20(4,5)25-17)16(22)15-13-23-19(2,3)24-15/h14-18,21-22H,6-9,12-13H2,1-5H3/t14-,15-,16+,17+,18-/m0/s1. The van der Waals surface area contributed by atoms with Crippen LogP contribution >= 0.6 is 0 Å². The average molecular weight is 370 g/mol. The van der Waals surface area contributed by atoms with Crippen molar-refractivity contribution in [1.29, 1.82) is 0 Å². The van der Waals surface area contributed by atoms with Gasteiger partial charge in [-0.05, 0) is 34.1 Å². The topological polar surface area (TPSA) is 77.4 Å². The summed E-state index contributed by atoms with van der Waals surface area (Å²) < 4.78 is 23.0. The molecule has 2 heterocycles. The van der Waals surface area contributed by atoms with Crippen molar-refractivity contribution in [2.45, 2.75) is 109 Å². The fourth-order valence-electron chi connectivity index (χ4n) is 3.32. The van der Waals surface area contributed by atoms with Crippen molar-refractivity contribution in [3.05, 3.63) is 0 Å². The molecule has 2 fully saturated rings. The lowest BCUT2D eigenvalue weighted by atomic mass is 9.98. The Bertz CT molecular complexity index is 506. The molecule has 2 N–H and O–H groups in total. The number of unbranched alkanes of at least 4 members (excludes halogenated alkanes) is 3. The van der Waals surface area contributed by atoms with E-state index in [0.717, 1.165) is 19.3 Å². The molecule has 0 spiro atoms. The summed E-state index contributed by atoms with van der Waals surface area (Å²) in [5.74, 6) is 4.48. The molecule has 0 aromatic carbocycles. The molecule has 6 heteroatoms. The second kappa shape index (κ2) is 9.01. The van der Waals surface area contributed by atoms with Crippen LogP contribution in [0.4, 0.5) is 0 Å². The fraction of sp³-hybridized carbons (Fsp3) is 0.900. The van der Waals surface area contributed by atoms with Gasteiger partial charge < -0.3 is 29.2 Å². The maximum Gasteiger partial charge on any atom is 0.164 e. The minimum absolute atomic E-state index is 0.272. The first-order valence-corrected chi connectivity index (χ1v) is 9.64. The van der Waals surface area contributed by atoms with Crippen LogP contribution < -0.4 is 0 Å². The van der Waals surface area contributed by atoms with Gasteiger partial charge in [-0.2, -0.15) is 0 Å². The van der Waals surface area contributed by atoms with Crippen molar-refractivity contribution in [1.82, 2.24) is 0 Å². The summed E-state index contributed by atoms with van der Waals surface area (Å²) >= 11 is 0. The quantitative estimate of drug-likeness (QED) is 0.529. The number of rotatable bonds is 7. The van der Waals surface area contributed by atoms with E-state index in [1.165, 1.54) is 6.42 Å². The van der Waals surface area contributed by atoms with Crippen LogP contribution in [0.5, 0.6) is 0 Å². The highest BCUT2D eigenvalue weighted by atomic mass is 16.8. The number of aliphatic hydroxyl groups is 2. The zero-order chi connectivity index (χ0) is 19.4. The number of hydrogen-bond acceptors (Lipinski definition) is 6. The molecule has 0 aromatic heterocycles. The first-order chi connectivity index (χ1) is 12.2. The first-order valence-electron chi connectivity index (χ1n) is 9.64. The molecule has 0 aliphatic carbocycles. The number of hydrogen-bond donors (Lipinski definition) is 2. The third-order valence-electron chi connectivity index (χ3n) is 4.63. The molecule has 2 aliphatic heterocycles. The van der Waals surface area contributed by atoms with Crippen LogP contribution in [0, 0.1) is 11.8 Å². The summed E-state index contributed by atoms with van der Waals surface area (Å²) in [6, 6.07) is 0. The molecule has 0 amide bonds. The Morgan fingerprint density at radius 1 is 0.962 bits per heavy atom. The Balaban J connectivity index is 1.96. The summed E-state index contributed by atoms with van der Waals surface area (Å²) in [5.41, 5.74) is 0. The first kappa shape index (κ1) is 21.6. The smallest absolute Gasteiger partial charge is 0.164 e. The SMILES string of the molecule is CCCCCC#CC[C@H](O)[C@H]1OC(C)(C)O[C@H]1[C@H](O)[C@@H]1COC(C)(C)O1. The third kappa shape index (κ3) is 5.91. The molecule has 2 rings (SSSR count). The predicted molar refractivity (Wildman–Crippen MR) is 97.3 cm³/mol. The van der Waals surface area contributed by atoms with Gasteiger partial charge in [-0.1, -0.05) is 19.8 Å². The Hall–Kier alpha value is -0.680. The van der Waals surface area contributed by atoms with Crippen LogP contribution in [0.25, 0.3) is 0 Å². The second-order valence-electron chi connectivity index (χ2n) is 8.00. The van der Waals surface area contributed by atoms with E-state index in [2.05, 4.69) is 18.8 Å². The summed E-state index contributed by atoms with van der Waals surface area (Å²) in [6.07, 6.45) is 0.820. The van der Waals surface area contributed by atoms with Gasteiger partial charge in [-0.25, -0.2) is 0 Å². The highest BCUT2D eigenvalue weighted by molar-refractivity contribution is 5.04. The molecule has 2 aliphatic rings. The fourth-order valence-corrected chi connectivity index (χ4v) is 3.32. The van der Waals surface area contributed by atoms with Crippen LogP contribution in [0.2, 0.25) is 0 Å². The molecule has 0 radical (unpaired) electrons. The molecule has 150 valence electrons. The van der Waals surface area contributed by atoms with Crippen molar-refractivity contribution in [3.8, 4) is 11.8 Å². The van der Waals surface area contributed by atoms with Gasteiger partial charge in [-0.15, -0.1) is 11.8 Å². The van der Waals surface area contributed by atoms with E-state index in [1.807, 2.05) is 0 Å². The summed E-state index contributed by atoms with van der Waals surface area (Å²) in [6.45, 7) is 9.57. The van der Waals surface area contributed by atoms with Gasteiger partial charge in [0.05, 0.1) is 12.7 Å². The van der Waals surface area contributed by atoms with Crippen molar-refractivity contribution < 1.29 is 29.2 Å². The lowest BCUT2D eigenvalue weighted by Gasteiger charge is -2.28. The molecule has 0 saturated carbocycles. The van der Waals surface area contributed by atoms with Crippen LogP contribution in [0.1, 0.15) is 66.7 Å². The van der Waals surface area contributed by atoms with Crippen LogP contribution in [-0.4, -0.2) is 58.9 Å². The maximum absolute atomic E-state index is 10.7. The molecule has 26 heavy (non-hydrogen) atoms. The molecule has 2 saturated heterocycles. The Morgan fingerprint density at radius 2 is 1.65 bits per heavy atom. The van der Waals surface area contributed by atoms with E-state index < -0.39 is 42.1 Å². The number of aliphatic hydroxyl groups excluding tert-OH is 2. The van der Waals surface area contributed by atoms with Gasteiger partial charge in [-0.3, -0.25) is 0 Å². The maximum atomic E-state index is 10.7. The molecule has 0 unspecified atom stereocenters.